The summed E-state index contributed by atoms with van der Waals surface area (Å²) in [5, 5.41) is 3.87. The predicted molar refractivity (Wildman–Crippen MR) is 65.1 cm³/mol. The highest BCUT2D eigenvalue weighted by Crippen LogP contribution is 2.26. The third-order valence-corrected chi connectivity index (χ3v) is 4.26. The van der Waals surface area contributed by atoms with Gasteiger partial charge in [-0.25, -0.2) is 0 Å². The zero-order chi connectivity index (χ0) is 10.8. The van der Waals surface area contributed by atoms with Gasteiger partial charge in [-0.05, 0) is 45.6 Å². The predicted octanol–water partition coefficient (Wildman–Crippen LogP) is 2.25. The van der Waals surface area contributed by atoms with Gasteiger partial charge in [-0.15, -0.1) is 0 Å². The fourth-order valence-corrected chi connectivity index (χ4v) is 3.09. The lowest BCUT2D eigenvalue weighted by atomic mass is 10.1. The van der Waals surface area contributed by atoms with Crippen LogP contribution in [0, 0.1) is 5.92 Å². The molecule has 1 aliphatic heterocycles. The Morgan fingerprint density at radius 2 is 2.00 bits per heavy atom. The Hall–Kier alpha value is -0.0800. The van der Waals surface area contributed by atoms with Crippen molar-refractivity contribution >= 4 is 0 Å². The maximum Gasteiger partial charge on any atom is 0.0210 e. The Labute approximate surface area is 94.4 Å². The Morgan fingerprint density at radius 1 is 1.20 bits per heavy atom. The van der Waals surface area contributed by atoms with E-state index in [0.717, 1.165) is 24.0 Å². The van der Waals surface area contributed by atoms with Crippen LogP contribution in [0.4, 0.5) is 0 Å². The second-order valence-electron chi connectivity index (χ2n) is 5.76. The first kappa shape index (κ1) is 11.4. The van der Waals surface area contributed by atoms with Crippen LogP contribution in [0.1, 0.15) is 46.5 Å². The van der Waals surface area contributed by atoms with Crippen LogP contribution in [0.25, 0.3) is 0 Å². The van der Waals surface area contributed by atoms with Crippen LogP contribution in [0.3, 0.4) is 0 Å². The maximum atomic E-state index is 3.87. The van der Waals surface area contributed by atoms with Gasteiger partial charge in [0.2, 0.25) is 0 Å². The molecular formula is C13H26N2. The second-order valence-corrected chi connectivity index (χ2v) is 5.76. The van der Waals surface area contributed by atoms with Crippen LogP contribution >= 0.6 is 0 Å². The van der Waals surface area contributed by atoms with Gasteiger partial charge in [0, 0.05) is 24.7 Å². The number of hydrogen-bond acceptors (Lipinski definition) is 2. The van der Waals surface area contributed by atoms with Crippen molar-refractivity contribution in [2.75, 3.05) is 13.1 Å². The average Bonchev–Trinajstić information content (AvgIpc) is 2.77. The lowest BCUT2D eigenvalue weighted by molar-refractivity contribution is 0.262. The van der Waals surface area contributed by atoms with Gasteiger partial charge in [-0.1, -0.05) is 13.3 Å². The van der Waals surface area contributed by atoms with E-state index in [0.29, 0.717) is 0 Å². The minimum absolute atomic E-state index is 0.720. The van der Waals surface area contributed by atoms with Gasteiger partial charge < -0.3 is 5.32 Å². The van der Waals surface area contributed by atoms with Crippen molar-refractivity contribution < 1.29 is 0 Å². The van der Waals surface area contributed by atoms with Gasteiger partial charge >= 0.3 is 0 Å². The van der Waals surface area contributed by atoms with Crippen molar-refractivity contribution in [2.24, 2.45) is 5.92 Å². The van der Waals surface area contributed by atoms with Gasteiger partial charge in [0.25, 0.3) is 0 Å². The molecule has 2 aliphatic rings. The molecule has 2 nitrogen and oxygen atoms in total. The van der Waals surface area contributed by atoms with Crippen LogP contribution in [-0.2, 0) is 0 Å². The van der Waals surface area contributed by atoms with Crippen molar-refractivity contribution in [3.05, 3.63) is 0 Å². The monoisotopic (exact) mass is 210 g/mol. The fraction of sp³-hybridized carbons (Fsp3) is 1.00. The normalized spacial score (nSPS) is 38.0. The zero-order valence-electron chi connectivity index (χ0n) is 10.5. The number of rotatable bonds is 3. The third-order valence-electron chi connectivity index (χ3n) is 4.26. The molecule has 0 aromatic carbocycles. The quantitative estimate of drug-likeness (QED) is 0.768. The Bertz CT molecular complexity index is 203. The highest BCUT2D eigenvalue weighted by Gasteiger charge is 2.29. The van der Waals surface area contributed by atoms with Crippen molar-refractivity contribution in [2.45, 2.75) is 64.6 Å². The molecule has 0 radical (unpaired) electrons. The number of nitrogens with zero attached hydrogens (tertiary/aromatic N) is 1. The van der Waals surface area contributed by atoms with E-state index >= 15 is 0 Å². The minimum atomic E-state index is 0.720. The van der Waals surface area contributed by atoms with Gasteiger partial charge in [-0.2, -0.15) is 0 Å². The van der Waals surface area contributed by atoms with Crippen LogP contribution in [0.15, 0.2) is 0 Å². The van der Waals surface area contributed by atoms with E-state index < -0.39 is 0 Å². The van der Waals surface area contributed by atoms with E-state index in [9.17, 15) is 0 Å². The standard InChI is InChI=1S/C13H26N2/c1-10(2)15-8-7-12(9-15)14-13-6-4-5-11(13)3/h10-14H,4-9H2,1-3H3. The lowest BCUT2D eigenvalue weighted by Crippen LogP contribution is -2.42. The Morgan fingerprint density at radius 3 is 2.53 bits per heavy atom. The molecule has 1 N–H and O–H groups in total. The molecule has 15 heavy (non-hydrogen) atoms. The smallest absolute Gasteiger partial charge is 0.0210 e. The molecular weight excluding hydrogens is 184 g/mol. The SMILES string of the molecule is CC1CCCC1NC1CCN(C(C)C)C1. The first-order chi connectivity index (χ1) is 7.16. The maximum absolute atomic E-state index is 3.87. The van der Waals surface area contributed by atoms with E-state index in [1.807, 2.05) is 0 Å². The van der Waals surface area contributed by atoms with E-state index in [-0.39, 0.29) is 0 Å². The number of hydrogen-bond donors (Lipinski definition) is 1. The van der Waals surface area contributed by atoms with Gasteiger partial charge in [-0.3, -0.25) is 4.90 Å². The van der Waals surface area contributed by atoms with E-state index in [4.69, 9.17) is 0 Å². The first-order valence-corrected chi connectivity index (χ1v) is 6.67. The van der Waals surface area contributed by atoms with Crippen LogP contribution in [0.5, 0.6) is 0 Å². The fourth-order valence-electron chi connectivity index (χ4n) is 3.09. The summed E-state index contributed by atoms with van der Waals surface area (Å²) in [6.45, 7) is 9.57. The Kier molecular flexibility index (Phi) is 3.68. The summed E-state index contributed by atoms with van der Waals surface area (Å²) in [5.41, 5.74) is 0. The molecule has 3 atom stereocenters. The van der Waals surface area contributed by atoms with Crippen molar-refractivity contribution in [3.8, 4) is 0 Å². The first-order valence-electron chi connectivity index (χ1n) is 6.67. The van der Waals surface area contributed by atoms with Crippen LogP contribution < -0.4 is 5.32 Å². The van der Waals surface area contributed by atoms with Crippen LogP contribution in [-0.4, -0.2) is 36.1 Å². The topological polar surface area (TPSA) is 15.3 Å². The summed E-state index contributed by atoms with van der Waals surface area (Å²) in [6.07, 6.45) is 5.61. The summed E-state index contributed by atoms with van der Waals surface area (Å²) in [4.78, 5) is 2.59. The zero-order valence-corrected chi connectivity index (χ0v) is 10.5. The van der Waals surface area contributed by atoms with Crippen molar-refractivity contribution in [3.63, 3.8) is 0 Å². The molecule has 0 aromatic heterocycles. The lowest BCUT2D eigenvalue weighted by Gasteiger charge is -2.24. The average molecular weight is 210 g/mol. The Balaban J connectivity index is 1.77. The molecule has 88 valence electrons. The highest BCUT2D eigenvalue weighted by atomic mass is 15.2. The minimum Gasteiger partial charge on any atom is -0.310 e. The number of nitrogens with one attached hydrogen (secondary N) is 1. The summed E-state index contributed by atoms with van der Waals surface area (Å²) in [5.74, 6) is 0.901. The van der Waals surface area contributed by atoms with Gasteiger partial charge in [0.1, 0.15) is 0 Å². The molecule has 2 rings (SSSR count). The second kappa shape index (κ2) is 4.84. The molecule has 0 amide bonds. The molecule has 0 bridgehead atoms. The van der Waals surface area contributed by atoms with Crippen molar-refractivity contribution in [1.29, 1.82) is 0 Å². The summed E-state index contributed by atoms with van der Waals surface area (Å²) < 4.78 is 0. The van der Waals surface area contributed by atoms with E-state index in [2.05, 4.69) is 31.0 Å². The summed E-state index contributed by atoms with van der Waals surface area (Å²) in [7, 11) is 0. The molecule has 1 saturated carbocycles. The largest absolute Gasteiger partial charge is 0.310 e. The number of likely N-dealkylation sites (tertiary alicyclic amines) is 1. The molecule has 0 spiro atoms. The molecule has 1 saturated heterocycles. The van der Waals surface area contributed by atoms with E-state index in [1.54, 1.807) is 0 Å². The molecule has 1 aliphatic carbocycles. The van der Waals surface area contributed by atoms with Crippen LogP contribution in [0.2, 0.25) is 0 Å². The van der Waals surface area contributed by atoms with E-state index in [1.165, 1.54) is 38.8 Å². The summed E-state index contributed by atoms with van der Waals surface area (Å²) >= 11 is 0. The molecule has 2 fully saturated rings. The molecule has 1 heterocycles. The van der Waals surface area contributed by atoms with Gasteiger partial charge in [0.05, 0.1) is 0 Å². The molecule has 2 heteroatoms. The highest BCUT2D eigenvalue weighted by molar-refractivity contribution is 4.88. The third kappa shape index (κ3) is 2.73. The molecule has 3 unspecified atom stereocenters. The van der Waals surface area contributed by atoms with Crippen molar-refractivity contribution in [1.82, 2.24) is 10.2 Å². The summed E-state index contributed by atoms with van der Waals surface area (Å²) in [6, 6.07) is 2.29. The molecule has 0 aromatic rings. The van der Waals surface area contributed by atoms with Gasteiger partial charge in [0.15, 0.2) is 0 Å².